The molecular weight excluding hydrogens is 524 g/mol. The van der Waals surface area contributed by atoms with E-state index in [0.717, 1.165) is 0 Å². The Morgan fingerprint density at radius 1 is 0.640 bits per heavy atom. The number of benzene rings is 1. The molecule has 136 valence electrons. The fraction of sp³-hybridized carbons (Fsp3) is 0.400. The molecule has 0 N–H and O–H groups in total. The van der Waals surface area contributed by atoms with E-state index in [2.05, 4.69) is 31.5 Å². The molecule has 0 aliphatic rings. The molecule has 0 saturated heterocycles. The van der Waals surface area contributed by atoms with Crippen LogP contribution in [0.15, 0.2) is 36.4 Å². The summed E-state index contributed by atoms with van der Waals surface area (Å²) in [6.45, 7) is 0. The summed E-state index contributed by atoms with van der Waals surface area (Å²) >= 11 is -1.44. The van der Waals surface area contributed by atoms with Crippen molar-refractivity contribution in [2.75, 3.05) is 0 Å². The van der Waals surface area contributed by atoms with Crippen LogP contribution in [0.2, 0.25) is 22.8 Å². The van der Waals surface area contributed by atoms with E-state index in [1.165, 1.54) is 0 Å². The molecule has 0 aliphatic heterocycles. The van der Waals surface area contributed by atoms with Crippen LogP contribution in [0.4, 0.5) is 0 Å². The largest absolute Gasteiger partial charge is 1.00 e. The smallest absolute Gasteiger partial charge is 0.724 e. The first kappa shape index (κ1) is 34.5. The van der Waals surface area contributed by atoms with E-state index in [4.69, 9.17) is 2.72 Å². The fourth-order valence-electron chi connectivity index (χ4n) is 0.780. The first-order chi connectivity index (χ1) is 10.3. The van der Waals surface area contributed by atoms with E-state index in [0.29, 0.717) is 0 Å². The minimum atomic E-state index is -5.31. The van der Waals surface area contributed by atoms with Gasteiger partial charge in [-0.2, -0.15) is 0 Å². The monoisotopic (exact) mass is 542 g/mol. The van der Waals surface area contributed by atoms with Crippen LogP contribution in [-0.2, 0) is 32.2 Å². The molecule has 0 aromatic heterocycles. The Bertz CT molecular complexity index is 533. The van der Waals surface area contributed by atoms with Gasteiger partial charge in [-0.25, -0.2) is 16.8 Å². The maximum Gasteiger partial charge on any atom is 1.00 e. The average Bonchev–Trinajstić information content (AvgIpc) is 2.37. The maximum absolute atomic E-state index is 9.37. The second kappa shape index (κ2) is 19.4. The number of rotatable bonds is 5. The minimum Gasteiger partial charge on any atom is -0.724 e. The molecule has 1 aromatic rings. The Hall–Kier alpha value is 2.04. The van der Waals surface area contributed by atoms with Crippen LogP contribution in [0.5, 0.6) is 0 Å². The molecule has 1 rings (SSSR count). The molecule has 0 bridgehead atoms. The molecule has 0 radical (unpaired) electrons. The van der Waals surface area contributed by atoms with E-state index in [1.54, 1.807) is 0 Å². The maximum atomic E-state index is 9.37. The van der Waals surface area contributed by atoms with Gasteiger partial charge in [0, 0.05) is 0 Å². The van der Waals surface area contributed by atoms with Crippen molar-refractivity contribution in [2.45, 2.75) is 22.8 Å². The Morgan fingerprint density at radius 2 is 0.840 bits per heavy atom. The van der Waals surface area contributed by atoms with Gasteiger partial charge in [0.15, 0.2) is 0 Å². The summed E-state index contributed by atoms with van der Waals surface area (Å²) in [5.41, 5.74) is 8.90. The topological polar surface area (TPSA) is 142 Å². The SMILES string of the molecule is C[As](C)O[As](C)C.O=S(=O)([O-])OOS(=O)(=O)[O-].[Na+].[Na+].c1ccccc1. The summed E-state index contributed by atoms with van der Waals surface area (Å²) in [4.78, 5) is 0. The van der Waals surface area contributed by atoms with E-state index in [1.807, 2.05) is 36.4 Å². The van der Waals surface area contributed by atoms with E-state index in [-0.39, 0.29) is 59.1 Å². The Morgan fingerprint density at radius 3 is 0.920 bits per heavy atom. The van der Waals surface area contributed by atoms with Gasteiger partial charge in [-0.1, -0.05) is 36.4 Å². The van der Waals surface area contributed by atoms with Crippen LogP contribution < -0.4 is 59.1 Å². The summed E-state index contributed by atoms with van der Waals surface area (Å²) in [5.74, 6) is 0. The molecule has 0 spiro atoms. The van der Waals surface area contributed by atoms with Crippen molar-refractivity contribution >= 4 is 50.8 Å². The molecule has 1 aromatic carbocycles. The predicted octanol–water partition coefficient (Wildman–Crippen LogP) is -4.95. The number of hydrogen-bond acceptors (Lipinski definition) is 9. The summed E-state index contributed by atoms with van der Waals surface area (Å²) in [6.07, 6.45) is 0. The predicted molar refractivity (Wildman–Crippen MR) is 84.1 cm³/mol. The van der Waals surface area contributed by atoms with Gasteiger partial charge in [-0.3, -0.25) is 0 Å². The van der Waals surface area contributed by atoms with Crippen molar-refractivity contribution in [2.24, 2.45) is 0 Å². The van der Waals surface area contributed by atoms with Crippen LogP contribution in [-0.4, -0.2) is 55.9 Å². The van der Waals surface area contributed by atoms with Gasteiger partial charge in [-0.05, 0) is 0 Å². The Balaban J connectivity index is -0.000000131. The molecule has 0 unspecified atom stereocenters. The third kappa shape index (κ3) is 41.5. The molecule has 15 heteroatoms. The second-order valence-electron chi connectivity index (χ2n) is 3.81. The zero-order valence-electron chi connectivity index (χ0n) is 14.8. The molecule has 0 heterocycles. The molecule has 0 saturated carbocycles. The van der Waals surface area contributed by atoms with Crippen molar-refractivity contribution in [1.29, 1.82) is 0 Å². The zero-order chi connectivity index (χ0) is 18.5. The minimum absolute atomic E-state index is 0. The Kier molecular flexibility index (Phi) is 26.7. The average molecular weight is 542 g/mol. The van der Waals surface area contributed by atoms with Gasteiger partial charge in [0.25, 0.3) is 0 Å². The summed E-state index contributed by atoms with van der Waals surface area (Å²) < 4.78 is 67.0. The fourth-order valence-corrected chi connectivity index (χ4v) is 9.82. The first-order valence-electron chi connectivity index (χ1n) is 5.65. The summed E-state index contributed by atoms with van der Waals surface area (Å²) in [5, 5.41) is 0. The quantitative estimate of drug-likeness (QED) is 0.118. The van der Waals surface area contributed by atoms with E-state index >= 15 is 0 Å². The third-order valence-corrected chi connectivity index (χ3v) is 10.2. The molecule has 0 fully saturated rings. The normalized spacial score (nSPS) is 10.4. The van der Waals surface area contributed by atoms with Crippen LogP contribution >= 0.6 is 0 Å². The van der Waals surface area contributed by atoms with Crippen molar-refractivity contribution in [1.82, 2.24) is 0 Å². The molecule has 0 aliphatic carbocycles. The second-order valence-corrected chi connectivity index (χ2v) is 14.7. The van der Waals surface area contributed by atoms with Gasteiger partial charge in [-0.15, -0.1) is 8.67 Å². The molecule has 0 atom stereocenters. The van der Waals surface area contributed by atoms with Crippen molar-refractivity contribution in [3.05, 3.63) is 36.4 Å². The summed E-state index contributed by atoms with van der Waals surface area (Å²) in [7, 11) is -10.6. The van der Waals surface area contributed by atoms with Crippen LogP contribution in [0.3, 0.4) is 0 Å². The van der Waals surface area contributed by atoms with Crippen LogP contribution in [0, 0.1) is 0 Å². The molecule has 0 amide bonds. The van der Waals surface area contributed by atoms with Crippen molar-refractivity contribution < 1.29 is 96.4 Å². The molecule has 25 heavy (non-hydrogen) atoms. The Labute approximate surface area is 203 Å². The van der Waals surface area contributed by atoms with Gasteiger partial charge in [0.05, 0.1) is 0 Å². The molecular formula is C10H18As2Na2O9S2. The number of hydrogen-bond donors (Lipinski definition) is 0. The van der Waals surface area contributed by atoms with Gasteiger partial charge >= 0.3 is 115 Å². The zero-order valence-corrected chi connectivity index (χ0v) is 24.2. The van der Waals surface area contributed by atoms with E-state index in [9.17, 15) is 25.9 Å². The van der Waals surface area contributed by atoms with Crippen LogP contribution in [0.1, 0.15) is 0 Å². The third-order valence-electron chi connectivity index (χ3n) is 1.19. The van der Waals surface area contributed by atoms with E-state index < -0.39 is 50.8 Å². The standard InChI is InChI=1S/C6H6.C4H12As2O.2Na.H2O8S2/c1-2-4-6-5-3-1;1-5(2)7-6(3)4;;;1-9(2,3)7-8-10(4,5)6/h1-6H;1-4H3;;;(H,1,2,3)(H,4,5,6)/q;;2*+1;/p-2. The van der Waals surface area contributed by atoms with Gasteiger partial charge in [0.2, 0.25) is 20.8 Å². The first-order valence-corrected chi connectivity index (χ1v) is 17.4. The van der Waals surface area contributed by atoms with Gasteiger partial charge < -0.3 is 9.11 Å². The summed E-state index contributed by atoms with van der Waals surface area (Å²) in [6, 6.07) is 12.0. The molecule has 9 nitrogen and oxygen atoms in total. The van der Waals surface area contributed by atoms with Crippen LogP contribution in [0.25, 0.3) is 0 Å². The van der Waals surface area contributed by atoms with Gasteiger partial charge in [0.1, 0.15) is 0 Å². The van der Waals surface area contributed by atoms with Crippen molar-refractivity contribution in [3.8, 4) is 0 Å². The van der Waals surface area contributed by atoms with Crippen molar-refractivity contribution in [3.63, 3.8) is 0 Å².